The standard InChI is InChI=1S/C23H29N5O2S2/c29-32-26-22(23(27-32)25-16-20-9-14-31-18-20)24-10-2-5-13-30-21-8-6-7-19(15-21)17-28-11-3-1-4-12-28/h2,5-9,14-15,18H,1,3-4,10-13,16-17H2,(H,24,26)(H,25,27)/b5-2-. The molecule has 2 aromatic heterocycles. The number of aromatic nitrogens is 2. The van der Waals surface area contributed by atoms with Gasteiger partial charge in [-0.25, -0.2) is 0 Å². The van der Waals surface area contributed by atoms with E-state index in [2.05, 4.69) is 47.9 Å². The van der Waals surface area contributed by atoms with Gasteiger partial charge < -0.3 is 19.9 Å². The van der Waals surface area contributed by atoms with Crippen molar-refractivity contribution < 1.29 is 9.29 Å². The predicted molar refractivity (Wildman–Crippen MR) is 131 cm³/mol. The molecule has 0 saturated carbocycles. The molecule has 1 saturated heterocycles. The summed E-state index contributed by atoms with van der Waals surface area (Å²) in [6.45, 7) is 5.04. The van der Waals surface area contributed by atoms with Crippen LogP contribution in [-0.2, 0) is 13.1 Å². The van der Waals surface area contributed by atoms with Gasteiger partial charge in [-0.05, 0) is 72.1 Å². The smallest absolute Gasteiger partial charge is 0.233 e. The summed E-state index contributed by atoms with van der Waals surface area (Å²) in [6, 6.07) is 10.4. The highest BCUT2D eigenvalue weighted by Gasteiger charge is 2.14. The lowest BCUT2D eigenvalue weighted by molar-refractivity contribution is 0.220. The van der Waals surface area contributed by atoms with E-state index >= 15 is 0 Å². The van der Waals surface area contributed by atoms with Crippen molar-refractivity contribution in [1.29, 1.82) is 0 Å². The second kappa shape index (κ2) is 12.0. The maximum absolute atomic E-state index is 11.7. The van der Waals surface area contributed by atoms with Gasteiger partial charge >= 0.3 is 0 Å². The molecule has 3 heterocycles. The third-order valence-electron chi connectivity index (χ3n) is 5.26. The minimum absolute atomic E-state index is 0.491. The third-order valence-corrected chi connectivity index (χ3v) is 6.67. The van der Waals surface area contributed by atoms with Crippen molar-refractivity contribution in [2.45, 2.75) is 32.4 Å². The second-order valence-corrected chi connectivity index (χ2v) is 9.35. The van der Waals surface area contributed by atoms with Gasteiger partial charge in [0.25, 0.3) is 0 Å². The van der Waals surface area contributed by atoms with Crippen LogP contribution < -0.4 is 15.4 Å². The van der Waals surface area contributed by atoms with E-state index in [0.717, 1.165) is 17.9 Å². The van der Waals surface area contributed by atoms with Crippen molar-refractivity contribution in [3.05, 3.63) is 64.4 Å². The first kappa shape index (κ1) is 22.7. The van der Waals surface area contributed by atoms with Gasteiger partial charge in [-0.15, -0.1) is 0 Å². The van der Waals surface area contributed by atoms with Crippen molar-refractivity contribution >= 4 is 34.1 Å². The number of thiophene rings is 1. The monoisotopic (exact) mass is 471 g/mol. The molecule has 170 valence electrons. The Morgan fingerprint density at radius 1 is 1.06 bits per heavy atom. The quantitative estimate of drug-likeness (QED) is 0.303. The molecule has 3 aromatic rings. The molecule has 0 radical (unpaired) electrons. The molecular weight excluding hydrogens is 442 g/mol. The normalized spacial score (nSPS) is 15.2. The zero-order valence-electron chi connectivity index (χ0n) is 18.0. The maximum Gasteiger partial charge on any atom is 0.233 e. The van der Waals surface area contributed by atoms with Gasteiger partial charge in [-0.1, -0.05) is 24.6 Å². The van der Waals surface area contributed by atoms with Crippen molar-refractivity contribution in [3.63, 3.8) is 0 Å². The Balaban J connectivity index is 1.19. The van der Waals surface area contributed by atoms with Crippen LogP contribution in [0, 0.1) is 0 Å². The fourth-order valence-corrected chi connectivity index (χ4v) is 4.96. The zero-order chi connectivity index (χ0) is 22.0. The first-order valence-corrected chi connectivity index (χ1v) is 12.9. The average Bonchev–Trinajstić information content (AvgIpc) is 3.45. The van der Waals surface area contributed by atoms with Crippen molar-refractivity contribution in [1.82, 2.24) is 13.6 Å². The van der Waals surface area contributed by atoms with Crippen LogP contribution in [0.15, 0.2) is 53.2 Å². The minimum Gasteiger partial charge on any atom is -0.546 e. The predicted octanol–water partition coefficient (Wildman–Crippen LogP) is 4.91. The van der Waals surface area contributed by atoms with Crippen molar-refractivity contribution in [2.75, 3.05) is 36.9 Å². The number of benzene rings is 1. The Labute approximate surface area is 196 Å². The third kappa shape index (κ3) is 7.03. The number of nitrogens with zero attached hydrogens (tertiary/aromatic N) is 3. The fraction of sp³-hybridized carbons (Fsp3) is 0.391. The number of piperidine rings is 1. The van der Waals surface area contributed by atoms with Gasteiger partial charge in [0.05, 0.1) is 0 Å². The summed E-state index contributed by atoms with van der Waals surface area (Å²) in [7, 11) is 0. The molecule has 0 bridgehead atoms. The Morgan fingerprint density at radius 3 is 2.72 bits per heavy atom. The molecule has 1 aliphatic heterocycles. The van der Waals surface area contributed by atoms with Gasteiger partial charge in [0.2, 0.25) is 11.6 Å². The lowest BCUT2D eigenvalue weighted by Gasteiger charge is -2.26. The summed E-state index contributed by atoms with van der Waals surface area (Å²) >= 11 is 0.0736. The van der Waals surface area contributed by atoms with E-state index in [-0.39, 0.29) is 0 Å². The Hall–Kier alpha value is -2.46. The highest BCUT2D eigenvalue weighted by Crippen LogP contribution is 2.23. The molecule has 0 amide bonds. The average molecular weight is 472 g/mol. The van der Waals surface area contributed by atoms with E-state index in [9.17, 15) is 4.55 Å². The molecule has 1 unspecified atom stereocenters. The first-order valence-electron chi connectivity index (χ1n) is 10.9. The van der Waals surface area contributed by atoms with E-state index in [1.165, 1.54) is 37.9 Å². The molecule has 2 N–H and O–H groups in total. The van der Waals surface area contributed by atoms with Crippen molar-refractivity contribution in [2.24, 2.45) is 0 Å². The molecule has 9 heteroatoms. The van der Waals surface area contributed by atoms with Crippen LogP contribution >= 0.6 is 22.5 Å². The summed E-state index contributed by atoms with van der Waals surface area (Å²) in [5.41, 5.74) is 2.45. The van der Waals surface area contributed by atoms with E-state index in [1.807, 2.05) is 29.7 Å². The molecule has 1 fully saturated rings. The summed E-state index contributed by atoms with van der Waals surface area (Å²) < 4.78 is 25.6. The van der Waals surface area contributed by atoms with Crippen molar-refractivity contribution in [3.8, 4) is 5.75 Å². The number of hydrogen-bond donors (Lipinski definition) is 2. The summed E-state index contributed by atoms with van der Waals surface area (Å²) in [4.78, 5) is 2.51. The van der Waals surface area contributed by atoms with Crippen LogP contribution in [0.25, 0.3) is 0 Å². The van der Waals surface area contributed by atoms with Gasteiger partial charge in [-0.2, -0.15) is 11.3 Å². The number of hydrogen-bond acceptors (Lipinski definition) is 8. The molecule has 0 spiro atoms. The summed E-state index contributed by atoms with van der Waals surface area (Å²) in [5, 5.41) is 10.4. The molecule has 4 rings (SSSR count). The number of nitrogens with one attached hydrogen (secondary N) is 2. The minimum atomic E-state index is -1.57. The molecule has 1 aliphatic rings. The van der Waals surface area contributed by atoms with Crippen LogP contribution in [0.5, 0.6) is 5.75 Å². The van der Waals surface area contributed by atoms with E-state index in [0.29, 0.717) is 31.3 Å². The summed E-state index contributed by atoms with van der Waals surface area (Å²) in [6.07, 6.45) is 7.89. The Kier molecular flexibility index (Phi) is 8.49. The van der Waals surface area contributed by atoms with Gasteiger partial charge in [0, 0.05) is 28.4 Å². The lowest BCUT2D eigenvalue weighted by Crippen LogP contribution is -2.29. The number of ether oxygens (including phenoxy) is 1. The van der Waals surface area contributed by atoms with Crippen LogP contribution in [0.3, 0.4) is 0 Å². The van der Waals surface area contributed by atoms with Crippen LogP contribution in [0.1, 0.15) is 30.4 Å². The molecule has 0 aliphatic carbocycles. The molecule has 7 nitrogen and oxygen atoms in total. The topological polar surface area (TPSA) is 85.4 Å². The largest absolute Gasteiger partial charge is 0.546 e. The van der Waals surface area contributed by atoms with E-state index in [1.54, 1.807) is 11.3 Å². The lowest BCUT2D eigenvalue weighted by atomic mass is 10.1. The second-order valence-electron chi connectivity index (χ2n) is 7.74. The highest BCUT2D eigenvalue weighted by molar-refractivity contribution is 7.14. The molecule has 1 atom stereocenters. The SMILES string of the molecule is [O-][s+]1nc(NC/C=C\COc2cccc(CN3CCCCC3)c2)c(NCc2ccsc2)n1. The van der Waals surface area contributed by atoms with Gasteiger partial charge in [0.15, 0.2) is 11.1 Å². The van der Waals surface area contributed by atoms with Gasteiger partial charge in [0.1, 0.15) is 12.4 Å². The van der Waals surface area contributed by atoms with E-state index in [4.69, 9.17) is 4.74 Å². The van der Waals surface area contributed by atoms with Crippen LogP contribution in [-0.4, -0.2) is 44.4 Å². The molecule has 1 aromatic carbocycles. The molecular formula is C23H29N5O2S2. The van der Waals surface area contributed by atoms with Crippen LogP contribution in [0.4, 0.5) is 11.6 Å². The fourth-order valence-electron chi connectivity index (χ4n) is 3.63. The number of anilines is 2. The molecule has 32 heavy (non-hydrogen) atoms. The Morgan fingerprint density at radius 2 is 1.91 bits per heavy atom. The van der Waals surface area contributed by atoms with Gasteiger partial charge in [-0.3, -0.25) is 4.90 Å². The zero-order valence-corrected chi connectivity index (χ0v) is 19.7. The summed E-state index contributed by atoms with van der Waals surface area (Å²) in [5.74, 6) is 1.94. The van der Waals surface area contributed by atoms with E-state index < -0.39 is 11.1 Å². The number of likely N-dealkylation sites (tertiary alicyclic amines) is 1. The highest BCUT2D eigenvalue weighted by atomic mass is 32.2. The first-order chi connectivity index (χ1) is 15.8. The van der Waals surface area contributed by atoms with Crippen LogP contribution in [0.2, 0.25) is 0 Å². The Bertz CT molecular complexity index is 984. The number of rotatable bonds is 11. The maximum atomic E-state index is 11.7.